The Bertz CT molecular complexity index is 191. The summed E-state index contributed by atoms with van der Waals surface area (Å²) in [5.74, 6) is 0.788. The van der Waals surface area contributed by atoms with E-state index >= 15 is 0 Å². The van der Waals surface area contributed by atoms with Crippen molar-refractivity contribution >= 4 is 5.78 Å². The van der Waals surface area contributed by atoms with Gasteiger partial charge in [-0.25, -0.2) is 0 Å². The fraction of sp³-hybridized carbons (Fsp3) is 0.917. The molecule has 2 unspecified atom stereocenters. The molecule has 0 spiro atoms. The fourth-order valence-electron chi connectivity index (χ4n) is 2.29. The van der Waals surface area contributed by atoms with Crippen LogP contribution in [-0.4, -0.2) is 29.8 Å². The molecule has 1 heterocycles. The van der Waals surface area contributed by atoms with Crippen molar-refractivity contribution in [1.82, 2.24) is 4.90 Å². The molecule has 14 heavy (non-hydrogen) atoms. The molecule has 1 rings (SSSR count). The average molecular weight is 197 g/mol. The molecule has 1 saturated heterocycles. The monoisotopic (exact) mass is 197 g/mol. The number of carbonyl (C=O) groups is 1. The molecule has 0 saturated carbocycles. The topological polar surface area (TPSA) is 20.3 Å². The van der Waals surface area contributed by atoms with E-state index in [0.717, 1.165) is 25.9 Å². The Morgan fingerprint density at radius 1 is 1.50 bits per heavy atom. The molecule has 2 atom stereocenters. The average Bonchev–Trinajstić information content (AvgIpc) is 2.19. The molecule has 1 aliphatic rings. The number of hydrogen-bond acceptors (Lipinski definition) is 2. The van der Waals surface area contributed by atoms with E-state index in [0.29, 0.717) is 17.7 Å². The predicted octanol–water partition coefficient (Wildman–Crippen LogP) is 2.48. The third kappa shape index (κ3) is 2.81. The van der Waals surface area contributed by atoms with Crippen LogP contribution < -0.4 is 0 Å². The minimum atomic E-state index is 0.308. The quantitative estimate of drug-likeness (QED) is 0.690. The third-order valence-electron chi connectivity index (χ3n) is 3.38. The highest BCUT2D eigenvalue weighted by Crippen LogP contribution is 2.19. The number of rotatable bonds is 4. The van der Waals surface area contributed by atoms with E-state index in [1.165, 1.54) is 12.8 Å². The highest BCUT2D eigenvalue weighted by atomic mass is 16.1. The molecule has 0 N–H and O–H groups in total. The van der Waals surface area contributed by atoms with Crippen LogP contribution in [0.15, 0.2) is 0 Å². The Hall–Kier alpha value is -0.370. The molecule has 0 bridgehead atoms. The minimum absolute atomic E-state index is 0.308. The van der Waals surface area contributed by atoms with Gasteiger partial charge in [0, 0.05) is 31.5 Å². The van der Waals surface area contributed by atoms with Gasteiger partial charge in [-0.15, -0.1) is 0 Å². The Balaban J connectivity index is 2.45. The third-order valence-corrected chi connectivity index (χ3v) is 3.38. The van der Waals surface area contributed by atoms with Crippen molar-refractivity contribution in [1.29, 1.82) is 0 Å². The second-order valence-electron chi connectivity index (χ2n) is 4.45. The lowest BCUT2D eigenvalue weighted by Gasteiger charge is -2.35. The van der Waals surface area contributed by atoms with Crippen LogP contribution in [0.3, 0.4) is 0 Å². The smallest absolute Gasteiger partial charge is 0.138 e. The van der Waals surface area contributed by atoms with Crippen molar-refractivity contribution in [3.8, 4) is 0 Å². The molecule has 0 amide bonds. The summed E-state index contributed by atoms with van der Waals surface area (Å²) >= 11 is 0. The molecule has 1 fully saturated rings. The van der Waals surface area contributed by atoms with Crippen molar-refractivity contribution in [2.45, 2.75) is 52.5 Å². The summed E-state index contributed by atoms with van der Waals surface area (Å²) in [6.45, 7) is 8.61. The van der Waals surface area contributed by atoms with E-state index in [9.17, 15) is 4.79 Å². The van der Waals surface area contributed by atoms with E-state index < -0.39 is 0 Å². The Morgan fingerprint density at radius 3 is 2.79 bits per heavy atom. The number of likely N-dealkylation sites (tertiary alicyclic amines) is 1. The van der Waals surface area contributed by atoms with Crippen LogP contribution in [0.2, 0.25) is 0 Å². The molecule has 82 valence electrons. The molecule has 2 heteroatoms. The highest BCUT2D eigenvalue weighted by Gasteiger charge is 2.27. The molecule has 0 aromatic carbocycles. The first kappa shape index (κ1) is 11.7. The van der Waals surface area contributed by atoms with Gasteiger partial charge in [-0.3, -0.25) is 9.69 Å². The lowest BCUT2D eigenvalue weighted by Crippen LogP contribution is -2.45. The number of ketones is 1. The van der Waals surface area contributed by atoms with Crippen LogP contribution in [-0.2, 0) is 4.79 Å². The maximum absolute atomic E-state index is 11.5. The summed E-state index contributed by atoms with van der Waals surface area (Å²) in [5.41, 5.74) is 0. The van der Waals surface area contributed by atoms with Gasteiger partial charge in [0.25, 0.3) is 0 Å². The summed E-state index contributed by atoms with van der Waals surface area (Å²) in [6.07, 6.45) is 4.27. The zero-order valence-electron chi connectivity index (χ0n) is 9.75. The van der Waals surface area contributed by atoms with Gasteiger partial charge < -0.3 is 0 Å². The molecule has 0 aliphatic carbocycles. The summed E-state index contributed by atoms with van der Waals surface area (Å²) in [5, 5.41) is 0. The fourth-order valence-corrected chi connectivity index (χ4v) is 2.29. The van der Waals surface area contributed by atoms with Gasteiger partial charge in [0.15, 0.2) is 0 Å². The van der Waals surface area contributed by atoms with E-state index in [1.54, 1.807) is 0 Å². The molecular formula is C12H23NO. The Kier molecular flexibility index (Phi) is 4.59. The molecular weight excluding hydrogens is 174 g/mol. The van der Waals surface area contributed by atoms with Gasteiger partial charge >= 0.3 is 0 Å². The van der Waals surface area contributed by atoms with Gasteiger partial charge in [0.05, 0.1) is 0 Å². The van der Waals surface area contributed by atoms with Crippen molar-refractivity contribution in [2.75, 3.05) is 13.1 Å². The van der Waals surface area contributed by atoms with Crippen LogP contribution in [0.25, 0.3) is 0 Å². The van der Waals surface area contributed by atoms with Crippen molar-refractivity contribution in [3.63, 3.8) is 0 Å². The second kappa shape index (κ2) is 5.50. The lowest BCUT2D eigenvalue weighted by atomic mass is 9.93. The zero-order valence-corrected chi connectivity index (χ0v) is 9.75. The maximum atomic E-state index is 11.5. The Morgan fingerprint density at radius 2 is 2.21 bits per heavy atom. The predicted molar refractivity (Wildman–Crippen MR) is 59.3 cm³/mol. The van der Waals surface area contributed by atoms with Crippen LogP contribution in [0.5, 0.6) is 0 Å². The van der Waals surface area contributed by atoms with Gasteiger partial charge in [0.2, 0.25) is 0 Å². The zero-order chi connectivity index (χ0) is 10.6. The van der Waals surface area contributed by atoms with Crippen molar-refractivity contribution < 1.29 is 4.79 Å². The van der Waals surface area contributed by atoms with Crippen LogP contribution in [0.1, 0.15) is 46.5 Å². The molecule has 2 nitrogen and oxygen atoms in total. The van der Waals surface area contributed by atoms with Crippen molar-refractivity contribution in [3.05, 3.63) is 0 Å². The summed E-state index contributed by atoms with van der Waals surface area (Å²) in [7, 11) is 0. The second-order valence-corrected chi connectivity index (χ2v) is 4.45. The minimum Gasteiger partial charge on any atom is -0.300 e. The van der Waals surface area contributed by atoms with Gasteiger partial charge in [0.1, 0.15) is 5.78 Å². The number of hydrogen-bond donors (Lipinski definition) is 0. The number of Topliss-reactive ketones (excluding diaryl/α,β-unsaturated/α-hetero) is 1. The van der Waals surface area contributed by atoms with Crippen molar-refractivity contribution in [2.24, 2.45) is 5.92 Å². The van der Waals surface area contributed by atoms with E-state index in [4.69, 9.17) is 0 Å². The summed E-state index contributed by atoms with van der Waals surface area (Å²) < 4.78 is 0. The van der Waals surface area contributed by atoms with Gasteiger partial charge in [-0.1, -0.05) is 20.3 Å². The molecule has 0 radical (unpaired) electrons. The normalized spacial score (nSPS) is 26.5. The van der Waals surface area contributed by atoms with E-state index in [1.807, 2.05) is 0 Å². The lowest BCUT2D eigenvalue weighted by molar-refractivity contribution is -0.126. The molecule has 1 aliphatic heterocycles. The standard InChI is InChI=1S/C12H23NO/c1-4-6-10(3)13-8-7-12(14)11(5-2)9-13/h10-11H,4-9H2,1-3H3. The highest BCUT2D eigenvalue weighted by molar-refractivity contribution is 5.82. The van der Waals surface area contributed by atoms with Crippen LogP contribution in [0.4, 0.5) is 0 Å². The van der Waals surface area contributed by atoms with Gasteiger partial charge in [-0.05, 0) is 19.8 Å². The Labute approximate surface area is 87.7 Å². The van der Waals surface area contributed by atoms with Crippen LogP contribution in [0, 0.1) is 5.92 Å². The van der Waals surface area contributed by atoms with E-state index in [-0.39, 0.29) is 0 Å². The molecule has 0 aromatic heterocycles. The number of nitrogens with zero attached hydrogens (tertiary/aromatic N) is 1. The summed E-state index contributed by atoms with van der Waals surface area (Å²) in [6, 6.07) is 0.655. The molecule has 0 aromatic rings. The number of carbonyl (C=O) groups excluding carboxylic acids is 1. The first-order chi connectivity index (χ1) is 6.69. The maximum Gasteiger partial charge on any atom is 0.138 e. The first-order valence-electron chi connectivity index (χ1n) is 5.95. The summed E-state index contributed by atoms with van der Waals surface area (Å²) in [4.78, 5) is 14.0. The largest absolute Gasteiger partial charge is 0.300 e. The number of piperidine rings is 1. The van der Waals surface area contributed by atoms with E-state index in [2.05, 4.69) is 25.7 Å². The SMILES string of the molecule is CCCC(C)N1CCC(=O)C(CC)C1. The van der Waals surface area contributed by atoms with Gasteiger partial charge in [-0.2, -0.15) is 0 Å². The van der Waals surface area contributed by atoms with Crippen LogP contribution >= 0.6 is 0 Å². The first-order valence-corrected chi connectivity index (χ1v) is 5.95.